The van der Waals surface area contributed by atoms with Gasteiger partial charge in [-0.2, -0.15) is 17.5 Å². The lowest BCUT2D eigenvalue weighted by atomic mass is 10.1. The quantitative estimate of drug-likeness (QED) is 0.373. The minimum atomic E-state index is -4.76. The van der Waals surface area contributed by atoms with Crippen molar-refractivity contribution in [1.82, 2.24) is 4.31 Å². The first-order chi connectivity index (χ1) is 15.0. The lowest BCUT2D eigenvalue weighted by Crippen LogP contribution is -2.40. The number of sulfonamides is 1. The summed E-state index contributed by atoms with van der Waals surface area (Å²) in [5.41, 5.74) is -2.27. The molecule has 0 bridgehead atoms. The molecule has 1 N–H and O–H groups in total. The van der Waals surface area contributed by atoms with Crippen LogP contribution in [0.4, 0.5) is 24.5 Å². The first-order valence-electron chi connectivity index (χ1n) is 9.31. The van der Waals surface area contributed by atoms with Gasteiger partial charge in [0.15, 0.2) is 5.78 Å². The molecule has 0 amide bonds. The zero-order valence-corrected chi connectivity index (χ0v) is 17.3. The third kappa shape index (κ3) is 5.23. The second-order valence-electron chi connectivity index (χ2n) is 6.81. The Labute approximate surface area is 181 Å². The van der Waals surface area contributed by atoms with Gasteiger partial charge in [0.2, 0.25) is 10.0 Å². The van der Waals surface area contributed by atoms with E-state index < -0.39 is 44.7 Å². The standard InChI is InChI=1S/C19H18F3N3O6S/c20-19(21,22)14-4-5-16(17(11-14)25(27)28)23-12-18(26)13-2-1-3-15(10-13)32(29,30)24-6-8-31-9-7-24/h1-5,10-11,23H,6-9,12H2. The molecule has 0 saturated carbocycles. The first kappa shape index (κ1) is 23.6. The zero-order chi connectivity index (χ0) is 23.5. The summed E-state index contributed by atoms with van der Waals surface area (Å²) in [6.07, 6.45) is -4.76. The van der Waals surface area contributed by atoms with Crippen molar-refractivity contribution in [2.24, 2.45) is 0 Å². The van der Waals surface area contributed by atoms with Gasteiger partial charge in [0.05, 0.1) is 35.1 Å². The van der Waals surface area contributed by atoms with E-state index in [1.165, 1.54) is 28.6 Å². The summed E-state index contributed by atoms with van der Waals surface area (Å²) in [5.74, 6) is -0.599. The van der Waals surface area contributed by atoms with Crippen molar-refractivity contribution in [1.29, 1.82) is 0 Å². The van der Waals surface area contributed by atoms with Gasteiger partial charge >= 0.3 is 6.18 Å². The Morgan fingerprint density at radius 1 is 1.16 bits per heavy atom. The van der Waals surface area contributed by atoms with Crippen LogP contribution in [0.25, 0.3) is 0 Å². The van der Waals surface area contributed by atoms with Gasteiger partial charge in [0, 0.05) is 24.7 Å². The van der Waals surface area contributed by atoms with Crippen LogP contribution in [0.1, 0.15) is 15.9 Å². The topological polar surface area (TPSA) is 119 Å². The molecule has 1 saturated heterocycles. The van der Waals surface area contributed by atoms with Gasteiger partial charge in [-0.05, 0) is 24.3 Å². The molecule has 1 heterocycles. The highest BCUT2D eigenvalue weighted by Gasteiger charge is 2.33. The number of benzene rings is 2. The third-order valence-electron chi connectivity index (χ3n) is 4.72. The van der Waals surface area contributed by atoms with Crippen molar-refractivity contribution in [2.75, 3.05) is 38.2 Å². The third-order valence-corrected chi connectivity index (χ3v) is 6.62. The number of hydrogen-bond donors (Lipinski definition) is 1. The molecular weight excluding hydrogens is 455 g/mol. The average Bonchev–Trinajstić information content (AvgIpc) is 2.77. The van der Waals surface area contributed by atoms with Crippen LogP contribution in [-0.4, -0.2) is 56.3 Å². The Kier molecular flexibility index (Phi) is 6.81. The summed E-state index contributed by atoms with van der Waals surface area (Å²) in [4.78, 5) is 22.6. The molecule has 0 aliphatic carbocycles. The van der Waals surface area contributed by atoms with Crippen LogP contribution < -0.4 is 5.32 Å². The monoisotopic (exact) mass is 473 g/mol. The largest absolute Gasteiger partial charge is 0.416 e. The van der Waals surface area contributed by atoms with E-state index >= 15 is 0 Å². The number of carbonyl (C=O) groups excluding carboxylic acids is 1. The number of morpholine rings is 1. The Morgan fingerprint density at radius 2 is 1.84 bits per heavy atom. The molecule has 13 heteroatoms. The van der Waals surface area contributed by atoms with Crippen molar-refractivity contribution in [3.05, 3.63) is 63.7 Å². The van der Waals surface area contributed by atoms with Gasteiger partial charge in [0.25, 0.3) is 5.69 Å². The highest BCUT2D eigenvalue weighted by Crippen LogP contribution is 2.35. The Bertz CT molecular complexity index is 1130. The van der Waals surface area contributed by atoms with Crippen LogP contribution in [0, 0.1) is 10.1 Å². The van der Waals surface area contributed by atoms with E-state index in [2.05, 4.69) is 5.32 Å². The summed E-state index contributed by atoms with van der Waals surface area (Å²) in [6, 6.07) is 7.21. The first-order valence-corrected chi connectivity index (χ1v) is 10.7. The number of ketones is 1. The lowest BCUT2D eigenvalue weighted by Gasteiger charge is -2.26. The Morgan fingerprint density at radius 3 is 2.47 bits per heavy atom. The SMILES string of the molecule is O=C(CNc1ccc(C(F)(F)F)cc1[N+](=O)[O-])c1cccc(S(=O)(=O)N2CCOCC2)c1. The summed E-state index contributed by atoms with van der Waals surface area (Å²) in [7, 11) is -3.84. The van der Waals surface area contributed by atoms with E-state index in [-0.39, 0.29) is 42.4 Å². The highest BCUT2D eigenvalue weighted by atomic mass is 32.2. The van der Waals surface area contributed by atoms with Gasteiger partial charge in [-0.1, -0.05) is 12.1 Å². The predicted molar refractivity (Wildman–Crippen MR) is 107 cm³/mol. The smallest absolute Gasteiger partial charge is 0.379 e. The summed E-state index contributed by atoms with van der Waals surface area (Å²) < 4.78 is 70.3. The fourth-order valence-electron chi connectivity index (χ4n) is 3.05. The van der Waals surface area contributed by atoms with E-state index in [0.29, 0.717) is 12.1 Å². The summed E-state index contributed by atoms with van der Waals surface area (Å²) in [5, 5.41) is 13.6. The molecule has 0 atom stereocenters. The van der Waals surface area contributed by atoms with Crippen molar-refractivity contribution in [3.63, 3.8) is 0 Å². The highest BCUT2D eigenvalue weighted by molar-refractivity contribution is 7.89. The Balaban J connectivity index is 1.77. The molecule has 0 aromatic heterocycles. The number of halogens is 3. The number of ether oxygens (including phenoxy) is 1. The van der Waals surface area contributed by atoms with Crippen LogP contribution in [0.5, 0.6) is 0 Å². The number of carbonyl (C=O) groups is 1. The van der Waals surface area contributed by atoms with Crippen LogP contribution in [0.15, 0.2) is 47.4 Å². The molecule has 2 aromatic rings. The van der Waals surface area contributed by atoms with Gasteiger partial charge in [-0.15, -0.1) is 0 Å². The minimum absolute atomic E-state index is 0.0291. The average molecular weight is 473 g/mol. The van der Waals surface area contributed by atoms with E-state index in [4.69, 9.17) is 4.74 Å². The summed E-state index contributed by atoms with van der Waals surface area (Å²) >= 11 is 0. The molecule has 1 aliphatic rings. The van der Waals surface area contributed by atoms with Crippen LogP contribution in [-0.2, 0) is 20.9 Å². The number of nitro groups is 1. The van der Waals surface area contributed by atoms with E-state index in [1.807, 2.05) is 0 Å². The molecule has 32 heavy (non-hydrogen) atoms. The van der Waals surface area contributed by atoms with Gasteiger partial charge in [0.1, 0.15) is 5.69 Å². The second kappa shape index (κ2) is 9.22. The summed E-state index contributed by atoms with van der Waals surface area (Å²) in [6.45, 7) is 0.383. The normalized spacial score (nSPS) is 15.3. The van der Waals surface area contributed by atoms with Crippen LogP contribution in [0.3, 0.4) is 0 Å². The van der Waals surface area contributed by atoms with Gasteiger partial charge in [-0.3, -0.25) is 14.9 Å². The molecule has 1 fully saturated rings. The minimum Gasteiger partial charge on any atom is -0.379 e. The fraction of sp³-hybridized carbons (Fsp3) is 0.316. The number of anilines is 1. The van der Waals surface area contributed by atoms with E-state index in [1.54, 1.807) is 0 Å². The molecule has 0 unspecified atom stereocenters. The number of alkyl halides is 3. The molecular formula is C19H18F3N3O6S. The fourth-order valence-corrected chi connectivity index (χ4v) is 4.51. The van der Waals surface area contributed by atoms with E-state index in [0.717, 1.165) is 6.07 Å². The number of nitrogens with one attached hydrogen (secondary N) is 1. The molecule has 3 rings (SSSR count). The maximum atomic E-state index is 12.8. The number of hydrogen-bond acceptors (Lipinski definition) is 7. The van der Waals surface area contributed by atoms with Gasteiger partial charge in [-0.25, -0.2) is 8.42 Å². The molecule has 2 aromatic carbocycles. The molecule has 0 radical (unpaired) electrons. The molecule has 172 valence electrons. The molecule has 9 nitrogen and oxygen atoms in total. The van der Waals surface area contributed by atoms with Crippen LogP contribution >= 0.6 is 0 Å². The number of Topliss-reactive ketones (excluding diaryl/α,β-unsaturated/α-hetero) is 1. The van der Waals surface area contributed by atoms with Crippen molar-refractivity contribution < 1.29 is 36.0 Å². The predicted octanol–water partition coefficient (Wildman–Crippen LogP) is 2.93. The second-order valence-corrected chi connectivity index (χ2v) is 8.75. The molecule has 0 spiro atoms. The lowest BCUT2D eigenvalue weighted by molar-refractivity contribution is -0.384. The number of rotatable bonds is 7. The number of nitro benzene ring substituents is 1. The van der Waals surface area contributed by atoms with Crippen molar-refractivity contribution in [3.8, 4) is 0 Å². The zero-order valence-electron chi connectivity index (χ0n) is 16.5. The van der Waals surface area contributed by atoms with Crippen molar-refractivity contribution in [2.45, 2.75) is 11.1 Å². The van der Waals surface area contributed by atoms with E-state index in [9.17, 15) is 36.5 Å². The van der Waals surface area contributed by atoms with Crippen LogP contribution in [0.2, 0.25) is 0 Å². The van der Waals surface area contributed by atoms with Crippen molar-refractivity contribution >= 4 is 27.2 Å². The Hall–Kier alpha value is -3.03. The number of nitrogens with zero attached hydrogens (tertiary/aromatic N) is 2. The maximum Gasteiger partial charge on any atom is 0.416 e. The van der Waals surface area contributed by atoms with Gasteiger partial charge < -0.3 is 10.1 Å². The molecule has 1 aliphatic heterocycles. The maximum absolute atomic E-state index is 12.8.